The fourth-order valence-corrected chi connectivity index (χ4v) is 4.56. The molecule has 2 aromatic carbocycles. The third-order valence-electron chi connectivity index (χ3n) is 6.39. The Hall–Kier alpha value is -3.36. The van der Waals surface area contributed by atoms with Crippen LogP contribution in [0.25, 0.3) is 5.76 Å². The number of ether oxygens (including phenoxy) is 3. The molecule has 0 radical (unpaired) electrons. The van der Waals surface area contributed by atoms with Crippen LogP contribution < -0.4 is 9.47 Å². The molecule has 1 atom stereocenters. The Morgan fingerprint density at radius 1 is 1.00 bits per heavy atom. The van der Waals surface area contributed by atoms with Gasteiger partial charge in [0.15, 0.2) is 0 Å². The minimum Gasteiger partial charge on any atom is -0.507 e. The maximum absolute atomic E-state index is 13.2. The van der Waals surface area contributed by atoms with E-state index in [0.29, 0.717) is 49.8 Å². The topological polar surface area (TPSA) is 88.5 Å². The molecule has 2 aliphatic rings. The third kappa shape index (κ3) is 5.49. The van der Waals surface area contributed by atoms with Gasteiger partial charge >= 0.3 is 0 Å². The predicted molar refractivity (Wildman–Crippen MR) is 131 cm³/mol. The van der Waals surface area contributed by atoms with E-state index >= 15 is 0 Å². The molecule has 2 saturated heterocycles. The summed E-state index contributed by atoms with van der Waals surface area (Å²) in [5.41, 5.74) is 1.29. The highest BCUT2D eigenvalue weighted by atomic mass is 16.5. The van der Waals surface area contributed by atoms with Gasteiger partial charge in [-0.3, -0.25) is 14.5 Å². The largest absolute Gasteiger partial charge is 0.507 e. The van der Waals surface area contributed by atoms with Crippen molar-refractivity contribution in [1.29, 1.82) is 0 Å². The number of benzene rings is 2. The first kappa shape index (κ1) is 24.8. The van der Waals surface area contributed by atoms with E-state index in [2.05, 4.69) is 4.90 Å². The fraction of sp³-hybridized carbons (Fsp3) is 0.407. The monoisotopic (exact) mass is 480 g/mol. The first-order valence-corrected chi connectivity index (χ1v) is 12.0. The Morgan fingerprint density at radius 2 is 1.66 bits per heavy atom. The lowest BCUT2D eigenvalue weighted by Gasteiger charge is -2.29. The van der Waals surface area contributed by atoms with Crippen molar-refractivity contribution in [2.24, 2.45) is 0 Å². The third-order valence-corrected chi connectivity index (χ3v) is 6.39. The van der Waals surface area contributed by atoms with Crippen LogP contribution in [0.3, 0.4) is 0 Å². The van der Waals surface area contributed by atoms with Crippen LogP contribution in [0.2, 0.25) is 0 Å². The van der Waals surface area contributed by atoms with Crippen molar-refractivity contribution >= 4 is 17.4 Å². The standard InChI is InChI=1S/C27H32N2O6/c1-3-35-22-11-5-19(6-12-22)24-23(25(30)20-7-9-21(33-2)10-8-20)26(31)27(32)29(24)14-4-13-28-15-17-34-18-16-28/h5-12,24,30H,3-4,13-18H2,1-2H3/b25-23+/t24-/m1/s1. The van der Waals surface area contributed by atoms with Gasteiger partial charge in [0.05, 0.1) is 38.5 Å². The van der Waals surface area contributed by atoms with Gasteiger partial charge < -0.3 is 24.2 Å². The first-order chi connectivity index (χ1) is 17.0. The lowest BCUT2D eigenvalue weighted by molar-refractivity contribution is -0.140. The van der Waals surface area contributed by atoms with Crippen LogP contribution >= 0.6 is 0 Å². The number of amides is 1. The van der Waals surface area contributed by atoms with Crippen molar-refractivity contribution in [3.05, 3.63) is 65.2 Å². The van der Waals surface area contributed by atoms with E-state index in [4.69, 9.17) is 14.2 Å². The van der Waals surface area contributed by atoms with E-state index in [-0.39, 0.29) is 11.3 Å². The molecule has 1 amide bonds. The number of morpholine rings is 1. The van der Waals surface area contributed by atoms with E-state index in [9.17, 15) is 14.7 Å². The van der Waals surface area contributed by atoms with Crippen molar-refractivity contribution in [3.63, 3.8) is 0 Å². The lowest BCUT2D eigenvalue weighted by Crippen LogP contribution is -2.38. The average molecular weight is 481 g/mol. The Kier molecular flexibility index (Phi) is 8.05. The molecule has 2 aliphatic heterocycles. The summed E-state index contributed by atoms with van der Waals surface area (Å²) in [6, 6.07) is 13.4. The Balaban J connectivity index is 1.66. The van der Waals surface area contributed by atoms with Crippen LogP contribution in [-0.4, -0.2) is 79.7 Å². The van der Waals surface area contributed by atoms with Crippen molar-refractivity contribution < 1.29 is 28.9 Å². The minimum atomic E-state index is -0.683. The second-order valence-corrected chi connectivity index (χ2v) is 8.53. The molecule has 4 rings (SSSR count). The van der Waals surface area contributed by atoms with Gasteiger partial charge in [-0.25, -0.2) is 0 Å². The SMILES string of the molecule is CCOc1ccc([C@@H]2/C(=C(\O)c3ccc(OC)cc3)C(=O)C(=O)N2CCCN2CCOCC2)cc1. The zero-order valence-corrected chi connectivity index (χ0v) is 20.2. The summed E-state index contributed by atoms with van der Waals surface area (Å²) in [7, 11) is 1.56. The molecule has 0 aliphatic carbocycles. The zero-order chi connectivity index (χ0) is 24.8. The molecule has 0 aromatic heterocycles. The lowest BCUT2D eigenvalue weighted by atomic mass is 9.95. The van der Waals surface area contributed by atoms with Crippen LogP contribution in [0.1, 0.15) is 30.5 Å². The van der Waals surface area contributed by atoms with Crippen LogP contribution in [0, 0.1) is 0 Å². The Labute approximate surface area is 205 Å². The summed E-state index contributed by atoms with van der Waals surface area (Å²) in [4.78, 5) is 30.2. The number of ketones is 1. The van der Waals surface area contributed by atoms with Crippen LogP contribution in [0.15, 0.2) is 54.1 Å². The number of nitrogens with zero attached hydrogens (tertiary/aromatic N) is 2. The molecule has 1 N–H and O–H groups in total. The summed E-state index contributed by atoms with van der Waals surface area (Å²) < 4.78 is 16.2. The van der Waals surface area contributed by atoms with Gasteiger partial charge in [0, 0.05) is 31.7 Å². The molecule has 2 aromatic rings. The van der Waals surface area contributed by atoms with Crippen LogP contribution in [-0.2, 0) is 14.3 Å². The molecule has 2 heterocycles. The maximum Gasteiger partial charge on any atom is 0.295 e. The normalized spacial score (nSPS) is 20.3. The molecule has 8 nitrogen and oxygen atoms in total. The number of likely N-dealkylation sites (tertiary alicyclic amines) is 1. The number of carbonyl (C=O) groups excluding carboxylic acids is 2. The van der Waals surface area contributed by atoms with Gasteiger partial charge in [0.2, 0.25) is 0 Å². The van der Waals surface area contributed by atoms with Crippen molar-refractivity contribution in [3.8, 4) is 11.5 Å². The number of hydrogen-bond acceptors (Lipinski definition) is 7. The van der Waals surface area contributed by atoms with E-state index in [1.165, 1.54) is 0 Å². The molecular weight excluding hydrogens is 448 g/mol. The molecule has 0 bridgehead atoms. The zero-order valence-electron chi connectivity index (χ0n) is 20.2. The molecule has 0 spiro atoms. The number of rotatable bonds is 9. The Morgan fingerprint density at radius 3 is 2.29 bits per heavy atom. The van der Waals surface area contributed by atoms with E-state index in [1.807, 2.05) is 31.2 Å². The van der Waals surface area contributed by atoms with Crippen LogP contribution in [0.5, 0.6) is 11.5 Å². The second kappa shape index (κ2) is 11.4. The predicted octanol–water partition coefficient (Wildman–Crippen LogP) is 3.24. The number of aliphatic hydroxyl groups is 1. The molecule has 0 unspecified atom stereocenters. The van der Waals surface area contributed by atoms with Gasteiger partial charge in [-0.15, -0.1) is 0 Å². The van der Waals surface area contributed by atoms with Crippen LogP contribution in [0.4, 0.5) is 0 Å². The average Bonchev–Trinajstić information content (AvgIpc) is 3.14. The minimum absolute atomic E-state index is 0.0932. The smallest absolute Gasteiger partial charge is 0.295 e. The maximum atomic E-state index is 13.2. The molecule has 0 saturated carbocycles. The fourth-order valence-electron chi connectivity index (χ4n) is 4.56. The quantitative estimate of drug-likeness (QED) is 0.335. The van der Waals surface area contributed by atoms with Crippen molar-refractivity contribution in [2.45, 2.75) is 19.4 Å². The molecule has 35 heavy (non-hydrogen) atoms. The van der Waals surface area contributed by atoms with Gasteiger partial charge in [-0.05, 0) is 55.3 Å². The molecule has 2 fully saturated rings. The summed E-state index contributed by atoms with van der Waals surface area (Å²) in [5.74, 6) is -0.131. The summed E-state index contributed by atoms with van der Waals surface area (Å²) in [5, 5.41) is 11.2. The highest BCUT2D eigenvalue weighted by molar-refractivity contribution is 6.46. The summed E-state index contributed by atoms with van der Waals surface area (Å²) in [6.45, 7) is 6.79. The number of aliphatic hydroxyl groups excluding tert-OH is 1. The van der Waals surface area contributed by atoms with E-state index in [1.54, 1.807) is 36.3 Å². The number of hydrogen-bond donors (Lipinski definition) is 1. The molecule has 186 valence electrons. The summed E-state index contributed by atoms with van der Waals surface area (Å²) in [6.07, 6.45) is 0.711. The second-order valence-electron chi connectivity index (χ2n) is 8.53. The highest BCUT2D eigenvalue weighted by Gasteiger charge is 2.45. The van der Waals surface area contributed by atoms with Gasteiger partial charge in [-0.1, -0.05) is 12.1 Å². The van der Waals surface area contributed by atoms with Crippen molar-refractivity contribution in [2.75, 3.05) is 53.1 Å². The number of methoxy groups -OCH3 is 1. The van der Waals surface area contributed by atoms with E-state index in [0.717, 1.165) is 25.2 Å². The molecular formula is C27H32N2O6. The van der Waals surface area contributed by atoms with Gasteiger partial charge in [0.1, 0.15) is 17.3 Å². The van der Waals surface area contributed by atoms with Gasteiger partial charge in [-0.2, -0.15) is 0 Å². The highest BCUT2D eigenvalue weighted by Crippen LogP contribution is 2.40. The number of carbonyl (C=O) groups is 2. The summed E-state index contributed by atoms with van der Waals surface area (Å²) >= 11 is 0. The Bertz CT molecular complexity index is 1060. The molecule has 8 heteroatoms. The van der Waals surface area contributed by atoms with Gasteiger partial charge in [0.25, 0.3) is 11.7 Å². The number of Topliss-reactive ketones (excluding diaryl/α,β-unsaturated/α-hetero) is 1. The van der Waals surface area contributed by atoms with Crippen molar-refractivity contribution in [1.82, 2.24) is 9.80 Å². The first-order valence-electron chi connectivity index (χ1n) is 12.0. The van der Waals surface area contributed by atoms with E-state index < -0.39 is 17.7 Å².